The van der Waals surface area contributed by atoms with E-state index < -0.39 is 29.4 Å². The fourth-order valence-corrected chi connectivity index (χ4v) is 2.51. The third kappa shape index (κ3) is 4.65. The van der Waals surface area contributed by atoms with Gasteiger partial charge in [-0.1, -0.05) is 0 Å². The van der Waals surface area contributed by atoms with Crippen LogP contribution in [0.5, 0.6) is 11.5 Å². The molecule has 1 aromatic heterocycles. The number of anilines is 2. The number of carbonyl (C=O) groups is 1. The van der Waals surface area contributed by atoms with Crippen LogP contribution in [0.25, 0.3) is 0 Å². The normalized spacial score (nSPS) is 11.3. The molecular weight excluding hydrogens is 409 g/mol. The molecule has 156 valence electrons. The maximum absolute atomic E-state index is 13.4. The number of ether oxygens (including phenoxy) is 1. The number of nitrogen functional groups attached to an aromatic ring is 1. The Morgan fingerprint density at radius 3 is 2.30 bits per heavy atom. The number of hydrogen-bond donors (Lipinski definition) is 2. The van der Waals surface area contributed by atoms with Crippen molar-refractivity contribution < 1.29 is 31.5 Å². The van der Waals surface area contributed by atoms with Crippen LogP contribution in [0, 0.1) is 18.7 Å². The molecular formula is C20H14F5N3O2. The Bertz CT molecular complexity index is 1100. The molecule has 0 aliphatic carbocycles. The summed E-state index contributed by atoms with van der Waals surface area (Å²) < 4.78 is 70.4. The number of alkyl halides is 3. The summed E-state index contributed by atoms with van der Waals surface area (Å²) in [5.74, 6) is -3.12. The fourth-order valence-electron chi connectivity index (χ4n) is 2.51. The Hall–Kier alpha value is -3.69. The molecule has 0 fully saturated rings. The minimum atomic E-state index is -4.85. The number of pyridine rings is 1. The van der Waals surface area contributed by atoms with Crippen molar-refractivity contribution in [3.63, 3.8) is 0 Å². The number of nitrogens with one attached hydrogen (secondary N) is 1. The summed E-state index contributed by atoms with van der Waals surface area (Å²) in [4.78, 5) is 15.8. The lowest BCUT2D eigenvalue weighted by molar-refractivity contribution is -0.140. The number of hydrogen-bond acceptors (Lipinski definition) is 4. The number of amides is 1. The van der Waals surface area contributed by atoms with Crippen LogP contribution in [0.2, 0.25) is 0 Å². The zero-order valence-electron chi connectivity index (χ0n) is 15.3. The summed E-state index contributed by atoms with van der Waals surface area (Å²) in [7, 11) is 0. The monoisotopic (exact) mass is 423 g/mol. The van der Waals surface area contributed by atoms with Crippen LogP contribution in [-0.2, 0) is 6.18 Å². The van der Waals surface area contributed by atoms with Crippen LogP contribution < -0.4 is 15.8 Å². The van der Waals surface area contributed by atoms with Crippen molar-refractivity contribution in [3.8, 4) is 11.5 Å². The highest BCUT2D eigenvalue weighted by Crippen LogP contribution is 2.35. The first-order chi connectivity index (χ1) is 14.0. The predicted octanol–water partition coefficient (Wildman–Crippen LogP) is 5.31. The van der Waals surface area contributed by atoms with Gasteiger partial charge in [0.2, 0.25) is 5.95 Å². The Labute approximate surface area is 167 Å². The molecule has 0 bridgehead atoms. The number of halogens is 5. The van der Waals surface area contributed by atoms with E-state index in [0.29, 0.717) is 17.8 Å². The largest absolute Gasteiger partial charge is 0.457 e. The standard InChI is InChI=1S/C20H14F5N3O2/c1-10-8-14(18(26)28-17(10)22)19(29)27-11-2-4-12(5-3-11)30-13-6-7-16(21)15(9-13)20(23,24)25/h2-9H,1H3,(H2,26,28)(H,27,29). The molecule has 2 aromatic carbocycles. The molecule has 0 unspecified atom stereocenters. The van der Waals surface area contributed by atoms with E-state index in [1.165, 1.54) is 37.3 Å². The minimum Gasteiger partial charge on any atom is -0.457 e. The van der Waals surface area contributed by atoms with Gasteiger partial charge in [-0.05, 0) is 55.5 Å². The summed E-state index contributed by atoms with van der Waals surface area (Å²) >= 11 is 0. The first kappa shape index (κ1) is 21.0. The van der Waals surface area contributed by atoms with Gasteiger partial charge in [0, 0.05) is 11.3 Å². The van der Waals surface area contributed by atoms with Crippen LogP contribution in [0.15, 0.2) is 48.5 Å². The van der Waals surface area contributed by atoms with Gasteiger partial charge in [0.1, 0.15) is 23.1 Å². The van der Waals surface area contributed by atoms with Crippen LogP contribution in [0.1, 0.15) is 21.5 Å². The van der Waals surface area contributed by atoms with E-state index in [0.717, 1.165) is 6.07 Å². The lowest BCUT2D eigenvalue weighted by atomic mass is 10.1. The smallest absolute Gasteiger partial charge is 0.419 e. The maximum Gasteiger partial charge on any atom is 0.419 e. The van der Waals surface area contributed by atoms with E-state index in [4.69, 9.17) is 10.5 Å². The second kappa shape index (κ2) is 7.97. The number of nitrogens with two attached hydrogens (primary N) is 1. The van der Waals surface area contributed by atoms with Gasteiger partial charge in [0.25, 0.3) is 5.91 Å². The summed E-state index contributed by atoms with van der Waals surface area (Å²) in [5, 5.41) is 2.54. The van der Waals surface area contributed by atoms with Crippen molar-refractivity contribution in [2.45, 2.75) is 13.1 Å². The quantitative estimate of drug-likeness (QED) is 0.440. The van der Waals surface area contributed by atoms with Crippen molar-refractivity contribution in [2.24, 2.45) is 0 Å². The molecule has 0 aliphatic rings. The average Bonchev–Trinajstić information content (AvgIpc) is 2.66. The molecule has 3 rings (SSSR count). The summed E-state index contributed by atoms with van der Waals surface area (Å²) in [6.07, 6.45) is -4.85. The van der Waals surface area contributed by atoms with Crippen molar-refractivity contribution >= 4 is 17.4 Å². The predicted molar refractivity (Wildman–Crippen MR) is 99.2 cm³/mol. The second-order valence-corrected chi connectivity index (χ2v) is 6.25. The number of aryl methyl sites for hydroxylation is 1. The third-order valence-electron chi connectivity index (χ3n) is 4.02. The first-order valence-electron chi connectivity index (χ1n) is 8.43. The third-order valence-corrected chi connectivity index (χ3v) is 4.02. The van der Waals surface area contributed by atoms with E-state index in [1.54, 1.807) is 0 Å². The molecule has 30 heavy (non-hydrogen) atoms. The molecule has 0 saturated heterocycles. The Balaban J connectivity index is 1.73. The topological polar surface area (TPSA) is 77.2 Å². The fraction of sp³-hybridized carbons (Fsp3) is 0.100. The molecule has 0 spiro atoms. The highest BCUT2D eigenvalue weighted by molar-refractivity contribution is 6.07. The van der Waals surface area contributed by atoms with Crippen molar-refractivity contribution in [1.82, 2.24) is 4.98 Å². The van der Waals surface area contributed by atoms with E-state index in [1.807, 2.05) is 0 Å². The lowest BCUT2D eigenvalue weighted by Crippen LogP contribution is -2.16. The van der Waals surface area contributed by atoms with Crippen molar-refractivity contribution in [2.75, 3.05) is 11.1 Å². The van der Waals surface area contributed by atoms with Crippen molar-refractivity contribution in [3.05, 3.63) is 77.0 Å². The SMILES string of the molecule is Cc1cc(C(=O)Nc2ccc(Oc3ccc(F)c(C(F)(F)F)c3)cc2)c(N)nc1F. The summed E-state index contributed by atoms with van der Waals surface area (Å²) in [5.41, 5.74) is 4.59. The van der Waals surface area contributed by atoms with Gasteiger partial charge in [-0.2, -0.15) is 17.6 Å². The van der Waals surface area contributed by atoms with Gasteiger partial charge >= 0.3 is 6.18 Å². The highest BCUT2D eigenvalue weighted by atomic mass is 19.4. The Morgan fingerprint density at radius 2 is 1.67 bits per heavy atom. The maximum atomic E-state index is 13.4. The van der Waals surface area contributed by atoms with Crippen LogP contribution in [0.3, 0.4) is 0 Å². The number of nitrogens with zero attached hydrogens (tertiary/aromatic N) is 1. The number of aromatic nitrogens is 1. The van der Waals surface area contributed by atoms with Crippen molar-refractivity contribution in [1.29, 1.82) is 0 Å². The van der Waals surface area contributed by atoms with E-state index in [2.05, 4.69) is 10.3 Å². The molecule has 10 heteroatoms. The molecule has 0 aliphatic heterocycles. The van der Waals surface area contributed by atoms with Gasteiger partial charge < -0.3 is 15.8 Å². The van der Waals surface area contributed by atoms with Crippen LogP contribution in [0.4, 0.5) is 33.5 Å². The molecule has 0 atom stereocenters. The molecule has 5 nitrogen and oxygen atoms in total. The summed E-state index contributed by atoms with van der Waals surface area (Å²) in [6.45, 7) is 1.43. The molecule has 3 aromatic rings. The highest BCUT2D eigenvalue weighted by Gasteiger charge is 2.34. The second-order valence-electron chi connectivity index (χ2n) is 6.25. The van der Waals surface area contributed by atoms with Gasteiger partial charge in [-0.15, -0.1) is 0 Å². The van der Waals surface area contributed by atoms with E-state index in [9.17, 15) is 26.7 Å². The molecule has 3 N–H and O–H groups in total. The number of carbonyl (C=O) groups excluding carboxylic acids is 1. The number of benzene rings is 2. The van der Waals surface area contributed by atoms with E-state index in [-0.39, 0.29) is 28.4 Å². The average molecular weight is 423 g/mol. The molecule has 1 amide bonds. The Morgan fingerprint density at radius 1 is 1.03 bits per heavy atom. The molecule has 0 radical (unpaired) electrons. The van der Waals surface area contributed by atoms with Crippen LogP contribution >= 0.6 is 0 Å². The van der Waals surface area contributed by atoms with Gasteiger partial charge in [-0.25, -0.2) is 9.37 Å². The molecule has 0 saturated carbocycles. The van der Waals surface area contributed by atoms with Gasteiger partial charge in [0.15, 0.2) is 0 Å². The zero-order chi connectivity index (χ0) is 22.1. The zero-order valence-corrected chi connectivity index (χ0v) is 15.3. The van der Waals surface area contributed by atoms with Gasteiger partial charge in [0.05, 0.1) is 11.1 Å². The first-order valence-corrected chi connectivity index (χ1v) is 8.43. The minimum absolute atomic E-state index is 0.0137. The Kier molecular flexibility index (Phi) is 5.59. The van der Waals surface area contributed by atoms with E-state index >= 15 is 0 Å². The van der Waals surface area contributed by atoms with Gasteiger partial charge in [-0.3, -0.25) is 4.79 Å². The number of rotatable bonds is 4. The lowest BCUT2D eigenvalue weighted by Gasteiger charge is -2.12. The molecule has 1 heterocycles. The van der Waals surface area contributed by atoms with Crippen LogP contribution in [-0.4, -0.2) is 10.9 Å². The summed E-state index contributed by atoms with van der Waals surface area (Å²) in [6, 6.07) is 9.19.